The molecule has 21 heavy (non-hydrogen) atoms. The summed E-state index contributed by atoms with van der Waals surface area (Å²) in [6.45, 7) is 2.02. The van der Waals surface area contributed by atoms with Gasteiger partial charge in [-0.3, -0.25) is 4.79 Å². The van der Waals surface area contributed by atoms with Gasteiger partial charge in [-0.2, -0.15) is 0 Å². The van der Waals surface area contributed by atoms with Crippen molar-refractivity contribution in [1.29, 1.82) is 0 Å². The quantitative estimate of drug-likeness (QED) is 0.761. The molecule has 0 bridgehead atoms. The number of carbonyl (C=O) groups excluding carboxylic acids is 1. The van der Waals surface area contributed by atoms with E-state index >= 15 is 0 Å². The first-order valence-corrected chi connectivity index (χ1v) is 6.99. The smallest absolute Gasteiger partial charge is 0.255 e. The highest BCUT2D eigenvalue weighted by Crippen LogP contribution is 2.35. The van der Waals surface area contributed by atoms with Crippen LogP contribution in [0.4, 0.5) is 0 Å². The van der Waals surface area contributed by atoms with Crippen molar-refractivity contribution < 1.29 is 9.21 Å². The molecule has 3 nitrogen and oxygen atoms in total. The molecule has 0 aliphatic rings. The molecule has 2 aromatic carbocycles. The fourth-order valence-corrected chi connectivity index (χ4v) is 2.50. The highest BCUT2D eigenvalue weighted by molar-refractivity contribution is 6.31. The molecule has 0 fully saturated rings. The molecule has 0 saturated carbocycles. The maximum atomic E-state index is 12.2. The molecule has 0 spiro atoms. The summed E-state index contributed by atoms with van der Waals surface area (Å²) in [5, 5.41) is 3.95. The van der Waals surface area contributed by atoms with E-state index in [0.717, 1.165) is 16.5 Å². The molecular formula is C17H14ClNO2. The summed E-state index contributed by atoms with van der Waals surface area (Å²) in [6, 6.07) is 13.2. The molecule has 0 aliphatic heterocycles. The second kappa shape index (κ2) is 5.26. The van der Waals surface area contributed by atoms with Gasteiger partial charge in [-0.25, -0.2) is 0 Å². The average Bonchev–Trinajstić information content (AvgIpc) is 2.85. The maximum absolute atomic E-state index is 12.2. The predicted octanol–water partition coefficient (Wildman–Crippen LogP) is 4.42. The number of benzene rings is 2. The first kappa shape index (κ1) is 13.7. The van der Waals surface area contributed by atoms with E-state index in [9.17, 15) is 4.79 Å². The summed E-state index contributed by atoms with van der Waals surface area (Å²) in [7, 11) is 1.60. The van der Waals surface area contributed by atoms with Crippen molar-refractivity contribution in [1.82, 2.24) is 5.32 Å². The fraction of sp³-hybridized carbons (Fsp3) is 0.118. The highest BCUT2D eigenvalue weighted by Gasteiger charge is 2.21. The Hall–Kier alpha value is -2.26. The van der Waals surface area contributed by atoms with Crippen LogP contribution in [-0.4, -0.2) is 13.0 Å². The zero-order valence-electron chi connectivity index (χ0n) is 11.7. The van der Waals surface area contributed by atoms with Crippen molar-refractivity contribution in [3.63, 3.8) is 0 Å². The molecule has 0 saturated heterocycles. The number of nitrogens with one attached hydrogen (secondary N) is 1. The van der Waals surface area contributed by atoms with Crippen LogP contribution < -0.4 is 5.32 Å². The number of fused-ring (bicyclic) bond motifs is 1. The van der Waals surface area contributed by atoms with Gasteiger partial charge in [-0.05, 0) is 25.1 Å². The molecule has 1 amide bonds. The molecule has 106 valence electrons. The Balaban J connectivity index is 2.30. The molecule has 1 aromatic heterocycles. The van der Waals surface area contributed by atoms with E-state index in [-0.39, 0.29) is 5.91 Å². The normalized spacial score (nSPS) is 10.8. The van der Waals surface area contributed by atoms with Crippen LogP contribution in [0.25, 0.3) is 22.3 Å². The van der Waals surface area contributed by atoms with Gasteiger partial charge in [0.1, 0.15) is 11.3 Å². The van der Waals surface area contributed by atoms with E-state index in [1.807, 2.05) is 31.2 Å². The lowest BCUT2D eigenvalue weighted by Gasteiger charge is -2.03. The van der Waals surface area contributed by atoms with Crippen molar-refractivity contribution in [3.8, 4) is 11.3 Å². The van der Waals surface area contributed by atoms with Gasteiger partial charge in [0.15, 0.2) is 0 Å². The van der Waals surface area contributed by atoms with Crippen LogP contribution in [0, 0.1) is 6.92 Å². The summed E-state index contributed by atoms with van der Waals surface area (Å²) >= 11 is 6.04. The minimum atomic E-state index is -0.188. The van der Waals surface area contributed by atoms with Gasteiger partial charge in [0, 0.05) is 23.0 Å². The Morgan fingerprint density at radius 2 is 1.86 bits per heavy atom. The van der Waals surface area contributed by atoms with E-state index in [4.69, 9.17) is 16.0 Å². The molecule has 3 rings (SSSR count). The van der Waals surface area contributed by atoms with Crippen LogP contribution >= 0.6 is 11.6 Å². The topological polar surface area (TPSA) is 42.2 Å². The number of carbonyl (C=O) groups is 1. The lowest BCUT2D eigenvalue weighted by Crippen LogP contribution is -2.18. The van der Waals surface area contributed by atoms with Gasteiger partial charge >= 0.3 is 0 Å². The first-order chi connectivity index (χ1) is 10.1. The van der Waals surface area contributed by atoms with Crippen molar-refractivity contribution in [2.24, 2.45) is 0 Å². The Kier molecular flexibility index (Phi) is 3.43. The molecular weight excluding hydrogens is 286 g/mol. The van der Waals surface area contributed by atoms with Crippen molar-refractivity contribution in [2.45, 2.75) is 6.92 Å². The Morgan fingerprint density at radius 3 is 2.52 bits per heavy atom. The third kappa shape index (κ3) is 2.41. The van der Waals surface area contributed by atoms with Crippen molar-refractivity contribution in [3.05, 3.63) is 58.6 Å². The van der Waals surface area contributed by atoms with Crippen LogP contribution in [0.5, 0.6) is 0 Å². The van der Waals surface area contributed by atoms with Crippen LogP contribution in [0.1, 0.15) is 15.9 Å². The van der Waals surface area contributed by atoms with E-state index in [2.05, 4.69) is 5.32 Å². The minimum Gasteiger partial charge on any atom is -0.455 e. The van der Waals surface area contributed by atoms with E-state index < -0.39 is 0 Å². The summed E-state index contributed by atoms with van der Waals surface area (Å²) in [4.78, 5) is 12.2. The lowest BCUT2D eigenvalue weighted by atomic mass is 10.0. The second-order valence-corrected chi connectivity index (χ2v) is 5.33. The maximum Gasteiger partial charge on any atom is 0.255 e. The fourth-order valence-electron chi connectivity index (χ4n) is 2.33. The van der Waals surface area contributed by atoms with Crippen molar-refractivity contribution >= 4 is 28.5 Å². The van der Waals surface area contributed by atoms with Gasteiger partial charge in [-0.15, -0.1) is 0 Å². The van der Waals surface area contributed by atoms with Crippen LogP contribution in [0.3, 0.4) is 0 Å². The van der Waals surface area contributed by atoms with E-state index in [1.165, 1.54) is 0 Å². The number of rotatable bonds is 2. The lowest BCUT2D eigenvalue weighted by molar-refractivity contribution is 0.0964. The molecule has 0 unspecified atom stereocenters. The van der Waals surface area contributed by atoms with Gasteiger partial charge in [0.25, 0.3) is 5.91 Å². The van der Waals surface area contributed by atoms with Gasteiger partial charge in [0.05, 0.1) is 5.56 Å². The predicted molar refractivity (Wildman–Crippen MR) is 84.8 cm³/mol. The van der Waals surface area contributed by atoms with E-state index in [1.54, 1.807) is 25.2 Å². The number of halogens is 1. The zero-order valence-corrected chi connectivity index (χ0v) is 12.5. The monoisotopic (exact) mass is 299 g/mol. The summed E-state index contributed by atoms with van der Waals surface area (Å²) < 4.78 is 5.88. The third-order valence-corrected chi connectivity index (χ3v) is 3.65. The van der Waals surface area contributed by atoms with Gasteiger partial charge in [-0.1, -0.05) is 41.4 Å². The zero-order chi connectivity index (χ0) is 15.0. The molecule has 3 aromatic rings. The molecule has 4 heteroatoms. The number of hydrogen-bond donors (Lipinski definition) is 1. The highest BCUT2D eigenvalue weighted by atomic mass is 35.5. The molecule has 0 aliphatic carbocycles. The number of amides is 1. The molecule has 0 atom stereocenters. The average molecular weight is 300 g/mol. The minimum absolute atomic E-state index is 0.188. The first-order valence-electron chi connectivity index (χ1n) is 6.61. The van der Waals surface area contributed by atoms with Crippen LogP contribution in [0.15, 0.2) is 46.9 Å². The van der Waals surface area contributed by atoms with Gasteiger partial charge < -0.3 is 9.73 Å². The molecule has 1 heterocycles. The third-order valence-electron chi connectivity index (χ3n) is 3.42. The SMILES string of the molecule is CNC(=O)c1c(-c2ccc(C)cc2)oc2ccc(Cl)cc12. The summed E-state index contributed by atoms with van der Waals surface area (Å²) in [5.74, 6) is 0.373. The molecule has 0 radical (unpaired) electrons. The van der Waals surface area contributed by atoms with Crippen LogP contribution in [0.2, 0.25) is 5.02 Å². The van der Waals surface area contributed by atoms with Gasteiger partial charge in [0.2, 0.25) is 0 Å². The second-order valence-electron chi connectivity index (χ2n) is 4.89. The van der Waals surface area contributed by atoms with Crippen LogP contribution in [-0.2, 0) is 0 Å². The number of furan rings is 1. The Morgan fingerprint density at radius 1 is 1.14 bits per heavy atom. The number of hydrogen-bond acceptors (Lipinski definition) is 2. The summed E-state index contributed by atoms with van der Waals surface area (Å²) in [5.41, 5.74) is 3.18. The molecule has 1 N–H and O–H groups in total. The number of aryl methyl sites for hydroxylation is 1. The Bertz CT molecular complexity index is 819. The summed E-state index contributed by atoms with van der Waals surface area (Å²) in [6.07, 6.45) is 0. The largest absolute Gasteiger partial charge is 0.455 e. The Labute approximate surface area is 127 Å². The van der Waals surface area contributed by atoms with E-state index in [0.29, 0.717) is 21.9 Å². The van der Waals surface area contributed by atoms with Crippen molar-refractivity contribution in [2.75, 3.05) is 7.05 Å². The standard InChI is InChI=1S/C17H14ClNO2/c1-10-3-5-11(6-4-10)16-15(17(20)19-2)13-9-12(18)7-8-14(13)21-16/h3-9H,1-2H3,(H,19,20).